The van der Waals surface area contributed by atoms with Gasteiger partial charge in [0, 0.05) is 23.3 Å². The number of non-ortho nitro benzene ring substituents is 1. The third-order valence-electron chi connectivity index (χ3n) is 4.21. The number of rotatable bonds is 9. The minimum absolute atomic E-state index is 0.0123. The van der Waals surface area contributed by atoms with E-state index in [-0.39, 0.29) is 11.1 Å². The Balaban J connectivity index is 1.99. The van der Waals surface area contributed by atoms with E-state index >= 15 is 0 Å². The molecular formula is C19H14N4O10S. The van der Waals surface area contributed by atoms with Crippen molar-refractivity contribution in [2.75, 3.05) is 14.2 Å². The maximum Gasteiger partial charge on any atom is 0.342 e. The molecule has 176 valence electrons. The van der Waals surface area contributed by atoms with E-state index in [9.17, 15) is 35.2 Å². The molecule has 0 radical (unpaired) electrons. The first-order valence-corrected chi connectivity index (χ1v) is 9.80. The Morgan fingerprint density at radius 1 is 1.06 bits per heavy atom. The molecule has 0 saturated carbocycles. The highest BCUT2D eigenvalue weighted by Gasteiger charge is 2.25. The third kappa shape index (κ3) is 5.21. The summed E-state index contributed by atoms with van der Waals surface area (Å²) < 4.78 is 15.8. The number of ether oxygens (including phenoxy) is 2. The highest BCUT2D eigenvalue weighted by Crippen LogP contribution is 2.38. The summed E-state index contributed by atoms with van der Waals surface area (Å²) >= 11 is 0.472. The zero-order chi connectivity index (χ0) is 25.0. The summed E-state index contributed by atoms with van der Waals surface area (Å²) in [7, 11) is 2.90. The lowest BCUT2D eigenvalue weighted by atomic mass is 10.1. The number of carboxylic acid groups (broad SMARTS) is 1. The summed E-state index contributed by atoms with van der Waals surface area (Å²) in [4.78, 5) is 31.5. The molecule has 3 aromatic rings. The van der Waals surface area contributed by atoms with Crippen molar-refractivity contribution in [2.24, 2.45) is 0 Å². The van der Waals surface area contributed by atoms with Crippen molar-refractivity contribution >= 4 is 35.2 Å². The number of phenolic OH excluding ortho intramolecular Hbond substituents is 1. The van der Waals surface area contributed by atoms with Crippen LogP contribution in [0.15, 0.2) is 44.9 Å². The van der Waals surface area contributed by atoms with E-state index in [1.54, 1.807) is 18.2 Å². The van der Waals surface area contributed by atoms with Gasteiger partial charge in [0.25, 0.3) is 10.9 Å². The van der Waals surface area contributed by atoms with Gasteiger partial charge in [-0.1, -0.05) is 0 Å². The van der Waals surface area contributed by atoms with Gasteiger partial charge < -0.3 is 24.1 Å². The molecule has 0 atom stereocenters. The summed E-state index contributed by atoms with van der Waals surface area (Å²) in [5.74, 6) is -1.56. The van der Waals surface area contributed by atoms with Crippen LogP contribution in [0.2, 0.25) is 0 Å². The molecule has 2 aromatic carbocycles. The SMILES string of the molecule is COc1cc(OC)cc(-c2nnc(S/C(=C\c3cc([N+](=O)[O-])cc([N+](=O)[O-])c3O)C(=O)O)o2)c1. The highest BCUT2D eigenvalue weighted by molar-refractivity contribution is 8.03. The Morgan fingerprint density at radius 2 is 1.71 bits per heavy atom. The number of nitrogens with zero attached hydrogens (tertiary/aromatic N) is 4. The van der Waals surface area contributed by atoms with Gasteiger partial charge in [-0.3, -0.25) is 20.2 Å². The van der Waals surface area contributed by atoms with Crippen LogP contribution >= 0.6 is 11.8 Å². The van der Waals surface area contributed by atoms with Crippen molar-refractivity contribution in [1.29, 1.82) is 0 Å². The van der Waals surface area contributed by atoms with Crippen molar-refractivity contribution in [3.8, 4) is 28.7 Å². The molecule has 0 aliphatic heterocycles. The largest absolute Gasteiger partial charge is 0.502 e. The van der Waals surface area contributed by atoms with Crippen LogP contribution in [-0.4, -0.2) is 50.4 Å². The fraction of sp³-hybridized carbons (Fsp3) is 0.105. The number of thioether (sulfide) groups is 1. The Bertz CT molecular complexity index is 1300. The van der Waals surface area contributed by atoms with E-state index < -0.39 is 43.4 Å². The lowest BCUT2D eigenvalue weighted by molar-refractivity contribution is -0.394. The van der Waals surface area contributed by atoms with Crippen LogP contribution < -0.4 is 9.47 Å². The summed E-state index contributed by atoms with van der Waals surface area (Å²) in [6.45, 7) is 0. The maximum absolute atomic E-state index is 11.7. The van der Waals surface area contributed by atoms with Crippen LogP contribution in [0.1, 0.15) is 5.56 Å². The molecule has 0 fully saturated rings. The van der Waals surface area contributed by atoms with Crippen LogP contribution in [0.25, 0.3) is 17.5 Å². The molecule has 0 saturated heterocycles. The maximum atomic E-state index is 11.7. The number of hydrogen-bond acceptors (Lipinski definition) is 12. The minimum Gasteiger partial charge on any atom is -0.502 e. The van der Waals surface area contributed by atoms with E-state index in [4.69, 9.17) is 13.9 Å². The zero-order valence-corrected chi connectivity index (χ0v) is 18.1. The number of hydrogen-bond donors (Lipinski definition) is 2. The normalized spacial score (nSPS) is 11.2. The zero-order valence-electron chi connectivity index (χ0n) is 17.3. The number of nitro benzene ring substituents is 2. The van der Waals surface area contributed by atoms with E-state index in [1.807, 2.05) is 0 Å². The van der Waals surface area contributed by atoms with Crippen molar-refractivity contribution < 1.29 is 38.7 Å². The summed E-state index contributed by atoms with van der Waals surface area (Å²) in [5, 5.41) is 49.3. The van der Waals surface area contributed by atoms with Gasteiger partial charge in [-0.25, -0.2) is 4.79 Å². The Hall–Kier alpha value is -4.66. The van der Waals surface area contributed by atoms with Crippen LogP contribution in [0, 0.1) is 20.2 Å². The van der Waals surface area contributed by atoms with Crippen LogP contribution in [0.4, 0.5) is 11.4 Å². The number of phenols is 1. The number of aromatic nitrogens is 2. The number of aromatic hydroxyl groups is 1. The number of carbonyl (C=O) groups is 1. The molecule has 1 aromatic heterocycles. The van der Waals surface area contributed by atoms with E-state index in [0.29, 0.717) is 34.9 Å². The molecular weight excluding hydrogens is 476 g/mol. The third-order valence-corrected chi connectivity index (χ3v) is 5.06. The molecule has 0 bridgehead atoms. The van der Waals surface area contributed by atoms with Crippen molar-refractivity contribution in [3.05, 3.63) is 61.0 Å². The first-order valence-electron chi connectivity index (χ1n) is 8.98. The van der Waals surface area contributed by atoms with Crippen molar-refractivity contribution in [1.82, 2.24) is 10.2 Å². The van der Waals surface area contributed by atoms with Gasteiger partial charge in [0.05, 0.1) is 30.1 Å². The Kier molecular flexibility index (Phi) is 6.96. The second-order valence-electron chi connectivity index (χ2n) is 6.31. The van der Waals surface area contributed by atoms with Gasteiger partial charge in [-0.05, 0) is 30.0 Å². The number of benzene rings is 2. The highest BCUT2D eigenvalue weighted by atomic mass is 32.2. The average molecular weight is 490 g/mol. The average Bonchev–Trinajstić information content (AvgIpc) is 3.27. The molecule has 0 amide bonds. The second kappa shape index (κ2) is 9.86. The monoisotopic (exact) mass is 490 g/mol. The molecule has 15 heteroatoms. The predicted octanol–water partition coefficient (Wildman–Crippen LogP) is 3.49. The van der Waals surface area contributed by atoms with Crippen molar-refractivity contribution in [3.63, 3.8) is 0 Å². The molecule has 2 N–H and O–H groups in total. The topological polar surface area (TPSA) is 201 Å². The fourth-order valence-electron chi connectivity index (χ4n) is 2.65. The summed E-state index contributed by atoms with van der Waals surface area (Å²) in [5.41, 5.74) is -1.70. The molecule has 0 unspecified atom stereocenters. The van der Waals surface area contributed by atoms with Crippen LogP contribution in [0.3, 0.4) is 0 Å². The molecule has 0 aliphatic rings. The van der Waals surface area contributed by atoms with Gasteiger partial charge in [0.1, 0.15) is 16.4 Å². The van der Waals surface area contributed by atoms with Gasteiger partial charge in [-0.15, -0.1) is 10.2 Å². The molecule has 0 spiro atoms. The second-order valence-corrected chi connectivity index (χ2v) is 7.30. The molecule has 3 rings (SSSR count). The number of methoxy groups -OCH3 is 2. The predicted molar refractivity (Wildman–Crippen MR) is 116 cm³/mol. The Labute approximate surface area is 193 Å². The van der Waals surface area contributed by atoms with Gasteiger partial charge in [0.15, 0.2) is 0 Å². The number of nitro groups is 2. The Morgan fingerprint density at radius 3 is 2.24 bits per heavy atom. The molecule has 34 heavy (non-hydrogen) atoms. The van der Waals surface area contributed by atoms with E-state index in [0.717, 1.165) is 12.1 Å². The van der Waals surface area contributed by atoms with Gasteiger partial charge in [0.2, 0.25) is 11.6 Å². The van der Waals surface area contributed by atoms with Gasteiger partial charge in [-0.2, -0.15) is 0 Å². The summed E-state index contributed by atoms with van der Waals surface area (Å²) in [6, 6.07) is 6.14. The van der Waals surface area contributed by atoms with Crippen LogP contribution in [-0.2, 0) is 4.79 Å². The standard InChI is InChI=1S/C19H14N4O10S/c1-31-12-4-10(5-13(8-12)32-2)17-20-21-19(33-17)34-15(18(25)26)6-9-3-11(22(27)28)7-14(16(9)24)23(29)30/h3-8,24H,1-2H3,(H,25,26)/b15-6-. The van der Waals surface area contributed by atoms with E-state index in [1.165, 1.54) is 14.2 Å². The first kappa shape index (κ1) is 24.0. The first-order chi connectivity index (χ1) is 16.1. The summed E-state index contributed by atoms with van der Waals surface area (Å²) in [6.07, 6.45) is 0.820. The lowest BCUT2D eigenvalue weighted by Crippen LogP contribution is -1.99. The quantitative estimate of drug-likeness (QED) is 0.191. The number of carboxylic acids is 1. The fourth-order valence-corrected chi connectivity index (χ4v) is 3.31. The molecule has 0 aliphatic carbocycles. The van der Waals surface area contributed by atoms with Crippen LogP contribution in [0.5, 0.6) is 17.2 Å². The molecule has 1 heterocycles. The van der Waals surface area contributed by atoms with E-state index in [2.05, 4.69) is 10.2 Å². The lowest BCUT2D eigenvalue weighted by Gasteiger charge is -2.05. The minimum atomic E-state index is -1.51. The van der Waals surface area contributed by atoms with Crippen molar-refractivity contribution in [2.45, 2.75) is 5.22 Å². The van der Waals surface area contributed by atoms with Gasteiger partial charge >= 0.3 is 11.7 Å². The smallest absolute Gasteiger partial charge is 0.342 e. The number of aliphatic carboxylic acids is 1. The molecule has 14 nitrogen and oxygen atoms in total.